The number of nitrogens with two attached hydrogens (primary N) is 2. The van der Waals surface area contributed by atoms with Gasteiger partial charge in [0.15, 0.2) is 11.8 Å². The van der Waals surface area contributed by atoms with E-state index < -0.39 is 17.6 Å². The van der Waals surface area contributed by atoms with Crippen molar-refractivity contribution in [1.82, 2.24) is 10.3 Å². The third-order valence-electron chi connectivity index (χ3n) is 3.58. The smallest absolute Gasteiger partial charge is 0.259 e. The number of nitrogens with zero attached hydrogens (tertiary/aromatic N) is 4. The van der Waals surface area contributed by atoms with Gasteiger partial charge in [0.1, 0.15) is 0 Å². The van der Waals surface area contributed by atoms with Gasteiger partial charge in [-0.05, 0) is 17.7 Å². The van der Waals surface area contributed by atoms with Crippen LogP contribution in [0.3, 0.4) is 0 Å². The molecule has 1 aromatic carbocycles. The van der Waals surface area contributed by atoms with Crippen molar-refractivity contribution >= 4 is 51.6 Å². The van der Waals surface area contributed by atoms with Crippen LogP contribution in [0.25, 0.3) is 0 Å². The second kappa shape index (κ2) is 12.3. The predicted molar refractivity (Wildman–Crippen MR) is 122 cm³/mol. The number of guanidine groups is 1. The van der Waals surface area contributed by atoms with E-state index in [-0.39, 0.29) is 18.3 Å². The normalized spacial score (nSPS) is 12.4. The lowest BCUT2D eigenvalue weighted by Crippen LogP contribution is -2.32. The zero-order valence-corrected chi connectivity index (χ0v) is 18.3. The minimum Gasteiger partial charge on any atom is -0.386 e. The number of nitro groups is 1. The van der Waals surface area contributed by atoms with Crippen molar-refractivity contribution in [3.05, 3.63) is 56.0 Å². The van der Waals surface area contributed by atoms with Crippen molar-refractivity contribution in [3.63, 3.8) is 0 Å². The van der Waals surface area contributed by atoms with Crippen LogP contribution in [0.15, 0.2) is 39.6 Å². The molecule has 0 aliphatic heterocycles. The number of thiazole rings is 1. The Morgan fingerprint density at radius 3 is 2.80 bits per heavy atom. The van der Waals surface area contributed by atoms with Crippen LogP contribution in [0, 0.1) is 10.1 Å². The molecule has 0 amide bonds. The summed E-state index contributed by atoms with van der Waals surface area (Å²) in [7, 11) is 0. The van der Waals surface area contributed by atoms with Gasteiger partial charge in [-0.25, -0.2) is 4.98 Å². The molecule has 2 aromatic rings. The first-order valence-electron chi connectivity index (χ1n) is 8.77. The molecular formula is C17H22ClN7O3S2. The molecule has 0 aliphatic rings. The molecule has 1 aromatic heterocycles. The molecule has 1 heterocycles. The maximum absolute atomic E-state index is 10.9. The SMILES string of the molecule is NC(N)=Nc1nc(CSCCNC(C[N+](=O)[O-])=NCC(O)c2ccc(Cl)cc2)cs1. The largest absolute Gasteiger partial charge is 0.386 e. The Morgan fingerprint density at radius 2 is 2.13 bits per heavy atom. The molecule has 0 aliphatic carbocycles. The highest BCUT2D eigenvalue weighted by Gasteiger charge is 2.11. The number of halogens is 1. The topological polar surface area (TPSA) is 165 Å². The van der Waals surface area contributed by atoms with Crippen LogP contribution in [-0.2, 0) is 5.75 Å². The van der Waals surface area contributed by atoms with E-state index in [9.17, 15) is 15.2 Å². The summed E-state index contributed by atoms with van der Waals surface area (Å²) in [4.78, 5) is 22.8. The van der Waals surface area contributed by atoms with Crippen molar-refractivity contribution in [2.24, 2.45) is 21.5 Å². The number of thioether (sulfide) groups is 1. The fourth-order valence-electron chi connectivity index (χ4n) is 2.24. The second-order valence-electron chi connectivity index (χ2n) is 5.98. The van der Waals surface area contributed by atoms with Crippen LogP contribution < -0.4 is 16.8 Å². The molecular weight excluding hydrogens is 450 g/mol. The molecule has 0 spiro atoms. The summed E-state index contributed by atoms with van der Waals surface area (Å²) in [6.45, 7) is 0.0581. The van der Waals surface area contributed by atoms with Gasteiger partial charge in [-0.15, -0.1) is 11.3 Å². The van der Waals surface area contributed by atoms with Gasteiger partial charge >= 0.3 is 0 Å². The fraction of sp³-hybridized carbons (Fsp3) is 0.353. The lowest BCUT2D eigenvalue weighted by Gasteiger charge is -2.10. The lowest BCUT2D eigenvalue weighted by molar-refractivity contribution is -0.463. The summed E-state index contributed by atoms with van der Waals surface area (Å²) in [5.74, 6) is 1.53. The van der Waals surface area contributed by atoms with E-state index in [1.165, 1.54) is 11.3 Å². The Balaban J connectivity index is 1.79. The molecule has 0 bridgehead atoms. The monoisotopic (exact) mass is 471 g/mol. The molecule has 1 atom stereocenters. The molecule has 0 saturated carbocycles. The highest BCUT2D eigenvalue weighted by atomic mass is 35.5. The Hall–Kier alpha value is -2.41. The van der Waals surface area contributed by atoms with E-state index in [0.717, 1.165) is 5.69 Å². The molecule has 0 fully saturated rings. The number of aliphatic hydroxyl groups excluding tert-OH is 1. The van der Waals surface area contributed by atoms with Crippen LogP contribution in [-0.4, -0.2) is 52.2 Å². The third kappa shape index (κ3) is 8.95. The van der Waals surface area contributed by atoms with E-state index >= 15 is 0 Å². The van der Waals surface area contributed by atoms with Crippen LogP contribution in [0.2, 0.25) is 5.02 Å². The van der Waals surface area contributed by atoms with Crippen LogP contribution in [0.1, 0.15) is 17.4 Å². The maximum atomic E-state index is 10.9. The summed E-state index contributed by atoms with van der Waals surface area (Å²) in [5.41, 5.74) is 12.1. The minimum atomic E-state index is -0.871. The van der Waals surface area contributed by atoms with Gasteiger partial charge < -0.3 is 21.9 Å². The van der Waals surface area contributed by atoms with Gasteiger partial charge in [-0.2, -0.15) is 16.8 Å². The van der Waals surface area contributed by atoms with Crippen LogP contribution >= 0.6 is 34.7 Å². The Bertz CT molecular complexity index is 886. The molecule has 30 heavy (non-hydrogen) atoms. The number of aromatic nitrogens is 1. The molecule has 2 rings (SSSR count). The zero-order chi connectivity index (χ0) is 21.9. The number of aliphatic imine (C=N–C) groups is 2. The molecule has 6 N–H and O–H groups in total. The Labute approximate surface area is 186 Å². The molecule has 10 nitrogen and oxygen atoms in total. The van der Waals surface area contributed by atoms with Crippen LogP contribution in [0.4, 0.5) is 5.13 Å². The van der Waals surface area contributed by atoms with Crippen molar-refractivity contribution in [2.45, 2.75) is 11.9 Å². The average Bonchev–Trinajstić information content (AvgIpc) is 3.12. The van der Waals surface area contributed by atoms with Gasteiger partial charge in [0.25, 0.3) is 6.54 Å². The quantitative estimate of drug-likeness (QED) is 0.127. The molecule has 0 saturated heterocycles. The second-order valence-corrected chi connectivity index (χ2v) is 8.36. The summed E-state index contributed by atoms with van der Waals surface area (Å²) in [5, 5.41) is 27.0. The molecule has 1 unspecified atom stereocenters. The first kappa shape index (κ1) is 23.9. The summed E-state index contributed by atoms with van der Waals surface area (Å²) >= 11 is 8.78. The molecule has 162 valence electrons. The van der Waals surface area contributed by atoms with Crippen molar-refractivity contribution in [1.29, 1.82) is 0 Å². The van der Waals surface area contributed by atoms with E-state index in [4.69, 9.17) is 23.1 Å². The van der Waals surface area contributed by atoms with Gasteiger partial charge in [0.05, 0.1) is 18.3 Å². The number of hydrogen-bond donors (Lipinski definition) is 4. The predicted octanol–water partition coefficient (Wildman–Crippen LogP) is 1.93. The van der Waals surface area contributed by atoms with Gasteiger partial charge in [-0.1, -0.05) is 23.7 Å². The first-order valence-corrected chi connectivity index (χ1v) is 11.2. The molecule has 13 heteroatoms. The summed E-state index contributed by atoms with van der Waals surface area (Å²) in [6, 6.07) is 6.72. The Morgan fingerprint density at radius 1 is 1.40 bits per heavy atom. The van der Waals surface area contributed by atoms with E-state index in [2.05, 4.69) is 20.3 Å². The first-order chi connectivity index (χ1) is 14.3. The zero-order valence-electron chi connectivity index (χ0n) is 15.9. The number of benzene rings is 1. The highest BCUT2D eigenvalue weighted by molar-refractivity contribution is 7.98. The van der Waals surface area contributed by atoms with Crippen molar-refractivity contribution in [3.8, 4) is 0 Å². The molecule has 0 radical (unpaired) electrons. The highest BCUT2D eigenvalue weighted by Crippen LogP contribution is 2.21. The van der Waals surface area contributed by atoms with E-state index in [1.807, 2.05) is 5.38 Å². The standard InChI is InChI=1S/C17H22ClN7O3S2/c18-12-3-1-11(2-4-12)14(26)7-22-15(8-25(27)28)21-5-6-29-9-13-10-30-17(23-13)24-16(19)20/h1-4,10,14,26H,5-9H2,(H,21,22)(H4,19,20,23,24). The third-order valence-corrected chi connectivity index (χ3v) is 5.61. The van der Waals surface area contributed by atoms with E-state index in [1.54, 1.807) is 36.0 Å². The number of hydrogen-bond acceptors (Lipinski definition) is 8. The summed E-state index contributed by atoms with van der Waals surface area (Å²) in [6.07, 6.45) is -0.871. The number of aliphatic hydroxyl groups is 1. The number of nitrogens with one attached hydrogen (secondary N) is 1. The number of rotatable bonds is 11. The number of amidine groups is 1. The van der Waals surface area contributed by atoms with Gasteiger partial charge in [0, 0.05) is 33.4 Å². The van der Waals surface area contributed by atoms with Crippen molar-refractivity contribution < 1.29 is 10.0 Å². The minimum absolute atomic E-state index is 0.0113. The fourth-order valence-corrected chi connectivity index (χ4v) is 3.92. The van der Waals surface area contributed by atoms with E-state index in [0.29, 0.717) is 33.8 Å². The maximum Gasteiger partial charge on any atom is 0.259 e. The Kier molecular flexibility index (Phi) is 9.80. The summed E-state index contributed by atoms with van der Waals surface area (Å²) < 4.78 is 0. The van der Waals surface area contributed by atoms with Gasteiger partial charge in [-0.3, -0.25) is 15.1 Å². The lowest BCUT2D eigenvalue weighted by atomic mass is 10.1. The van der Waals surface area contributed by atoms with Crippen LogP contribution in [0.5, 0.6) is 0 Å². The average molecular weight is 472 g/mol. The van der Waals surface area contributed by atoms with Crippen molar-refractivity contribution in [2.75, 3.05) is 25.4 Å². The van der Waals surface area contributed by atoms with Gasteiger partial charge in [0.2, 0.25) is 5.13 Å².